The molecule has 0 bridgehead atoms. The minimum absolute atomic E-state index is 0.0378. The molecule has 6 heteroatoms. The van der Waals surface area contributed by atoms with Crippen LogP contribution in [0.25, 0.3) is 0 Å². The van der Waals surface area contributed by atoms with Gasteiger partial charge in [0, 0.05) is 39.0 Å². The first-order valence-electron chi connectivity index (χ1n) is 18.1. The molecule has 0 spiro atoms. The number of fused-ring (bicyclic) bond motifs is 5. The number of carbonyl (C=O) groups excluding carboxylic acids is 2. The Morgan fingerprint density at radius 3 is 2.58 bits per heavy atom. The lowest BCUT2D eigenvalue weighted by molar-refractivity contribution is -0.152. The molecule has 5 aliphatic rings. The van der Waals surface area contributed by atoms with Crippen LogP contribution in [0.1, 0.15) is 118 Å². The van der Waals surface area contributed by atoms with Gasteiger partial charge in [-0.25, -0.2) is 0 Å². The summed E-state index contributed by atoms with van der Waals surface area (Å²) in [5.74, 6) is 4.74. The fourth-order valence-electron chi connectivity index (χ4n) is 10.5. The summed E-state index contributed by atoms with van der Waals surface area (Å²) in [4.78, 5) is 27.3. The predicted octanol–water partition coefficient (Wildman–Crippen LogP) is 7.17. The van der Waals surface area contributed by atoms with Crippen molar-refractivity contribution in [2.24, 2.45) is 46.3 Å². The standard InChI is InChI=1S/C37H62N2O4/c1-26(2)7-6-8-27(3)31-11-12-32-30-10-9-28-25-29(15-17-36(28,4)33(30)16-18-37(31,32)5)43-35(41)14-13-34(40)38-19-20-39-21-23-42-24-22-39/h9,26-27,29-33H,6-8,10-25H2,1-5H3,(H,38,40)/t27-,29+,30?,31-,32+,33+,36+,37-/m1/s1. The molecule has 4 fully saturated rings. The van der Waals surface area contributed by atoms with E-state index in [4.69, 9.17) is 9.47 Å². The zero-order valence-corrected chi connectivity index (χ0v) is 28.1. The van der Waals surface area contributed by atoms with Crippen molar-refractivity contribution in [1.82, 2.24) is 10.2 Å². The molecular weight excluding hydrogens is 536 g/mol. The van der Waals surface area contributed by atoms with Gasteiger partial charge in [0.1, 0.15) is 6.10 Å². The second-order valence-corrected chi connectivity index (χ2v) is 15.9. The SMILES string of the molecule is CC(C)CCC[C@@H](C)[C@H]1CC[C@H]2C3CC=C4C[C@@H](OC(=O)CCC(=O)NCCN5CCOCC5)CC[C@]4(C)[C@H]3CC[C@]12C. The number of esters is 1. The van der Waals surface area contributed by atoms with E-state index < -0.39 is 0 Å². The number of hydrogen-bond donors (Lipinski definition) is 1. The second kappa shape index (κ2) is 14.4. The van der Waals surface area contributed by atoms with E-state index in [1.54, 1.807) is 5.57 Å². The Bertz CT molecular complexity index is 989. The van der Waals surface area contributed by atoms with Crippen molar-refractivity contribution in [2.75, 3.05) is 39.4 Å². The van der Waals surface area contributed by atoms with E-state index in [1.807, 2.05) is 0 Å². The summed E-state index contributed by atoms with van der Waals surface area (Å²) in [7, 11) is 0. The largest absolute Gasteiger partial charge is 0.462 e. The molecule has 244 valence electrons. The van der Waals surface area contributed by atoms with Gasteiger partial charge < -0.3 is 14.8 Å². The third-order valence-electron chi connectivity index (χ3n) is 13.0. The normalized spacial score (nSPS) is 36.7. The lowest BCUT2D eigenvalue weighted by atomic mass is 9.47. The first-order chi connectivity index (χ1) is 20.6. The molecule has 1 heterocycles. The van der Waals surface area contributed by atoms with Gasteiger partial charge in [-0.15, -0.1) is 0 Å². The lowest BCUT2D eigenvalue weighted by Gasteiger charge is -2.58. The van der Waals surface area contributed by atoms with Crippen molar-refractivity contribution in [3.8, 4) is 0 Å². The number of carbonyl (C=O) groups is 2. The molecule has 1 amide bonds. The van der Waals surface area contributed by atoms with E-state index in [1.165, 1.54) is 51.4 Å². The predicted molar refractivity (Wildman–Crippen MR) is 172 cm³/mol. The first-order valence-corrected chi connectivity index (χ1v) is 18.1. The minimum Gasteiger partial charge on any atom is -0.462 e. The molecule has 1 aliphatic heterocycles. The second-order valence-electron chi connectivity index (χ2n) is 15.9. The Morgan fingerprint density at radius 2 is 1.81 bits per heavy atom. The number of nitrogens with zero attached hydrogens (tertiary/aromatic N) is 1. The molecule has 4 aliphatic carbocycles. The van der Waals surface area contributed by atoms with Gasteiger partial charge >= 0.3 is 5.97 Å². The van der Waals surface area contributed by atoms with Crippen molar-refractivity contribution in [3.63, 3.8) is 0 Å². The zero-order valence-electron chi connectivity index (χ0n) is 28.1. The summed E-state index contributed by atoms with van der Waals surface area (Å²) in [5, 5.41) is 2.96. The summed E-state index contributed by atoms with van der Waals surface area (Å²) in [6, 6.07) is 0. The fourth-order valence-corrected chi connectivity index (χ4v) is 10.5. The minimum atomic E-state index is -0.223. The summed E-state index contributed by atoms with van der Waals surface area (Å²) in [6.07, 6.45) is 16.9. The fraction of sp³-hybridized carbons (Fsp3) is 0.892. The number of ether oxygens (including phenoxy) is 2. The maximum atomic E-state index is 12.7. The molecule has 0 radical (unpaired) electrons. The molecule has 1 unspecified atom stereocenters. The van der Waals surface area contributed by atoms with Crippen LogP contribution >= 0.6 is 0 Å². The van der Waals surface area contributed by atoms with Gasteiger partial charge in [-0.05, 0) is 91.3 Å². The quantitative estimate of drug-likeness (QED) is 0.191. The van der Waals surface area contributed by atoms with Gasteiger partial charge in [-0.3, -0.25) is 14.5 Å². The Kier molecular flexibility index (Phi) is 11.0. The van der Waals surface area contributed by atoms with Gasteiger partial charge in [0.15, 0.2) is 0 Å². The number of hydrogen-bond acceptors (Lipinski definition) is 5. The number of amides is 1. The summed E-state index contributed by atoms with van der Waals surface area (Å²) >= 11 is 0. The van der Waals surface area contributed by atoms with E-state index in [9.17, 15) is 9.59 Å². The average molecular weight is 599 g/mol. The monoisotopic (exact) mass is 598 g/mol. The van der Waals surface area contributed by atoms with E-state index in [0.29, 0.717) is 12.0 Å². The molecule has 8 atom stereocenters. The van der Waals surface area contributed by atoms with Crippen LogP contribution in [0.15, 0.2) is 11.6 Å². The van der Waals surface area contributed by atoms with Gasteiger partial charge in [0.2, 0.25) is 5.91 Å². The van der Waals surface area contributed by atoms with Crippen LogP contribution < -0.4 is 5.32 Å². The molecule has 5 rings (SSSR count). The lowest BCUT2D eigenvalue weighted by Crippen LogP contribution is -2.51. The summed E-state index contributed by atoms with van der Waals surface area (Å²) < 4.78 is 11.3. The molecule has 1 saturated heterocycles. The van der Waals surface area contributed by atoms with Gasteiger partial charge in [0.25, 0.3) is 0 Å². The number of allylic oxidation sites excluding steroid dienone is 1. The van der Waals surface area contributed by atoms with Gasteiger partial charge in [-0.2, -0.15) is 0 Å². The van der Waals surface area contributed by atoms with Crippen LogP contribution in [0.3, 0.4) is 0 Å². The van der Waals surface area contributed by atoms with Crippen molar-refractivity contribution < 1.29 is 19.1 Å². The van der Waals surface area contributed by atoms with Gasteiger partial charge in [-0.1, -0.05) is 65.5 Å². The third-order valence-corrected chi connectivity index (χ3v) is 13.0. The third kappa shape index (κ3) is 7.54. The molecule has 3 saturated carbocycles. The highest BCUT2D eigenvalue weighted by Crippen LogP contribution is 2.67. The molecule has 0 aromatic heterocycles. The number of morpholine rings is 1. The van der Waals surface area contributed by atoms with Crippen LogP contribution in [0.4, 0.5) is 0 Å². The molecule has 1 N–H and O–H groups in total. The smallest absolute Gasteiger partial charge is 0.306 e. The zero-order chi connectivity index (χ0) is 30.6. The molecule has 6 nitrogen and oxygen atoms in total. The van der Waals surface area contributed by atoms with Crippen LogP contribution in [-0.4, -0.2) is 62.3 Å². The summed E-state index contributed by atoms with van der Waals surface area (Å²) in [6.45, 7) is 17.3. The maximum Gasteiger partial charge on any atom is 0.306 e. The van der Waals surface area contributed by atoms with Gasteiger partial charge in [0.05, 0.1) is 19.6 Å². The average Bonchev–Trinajstić information content (AvgIpc) is 3.34. The van der Waals surface area contributed by atoms with Crippen molar-refractivity contribution in [2.45, 2.75) is 124 Å². The van der Waals surface area contributed by atoms with E-state index in [-0.39, 0.29) is 36.2 Å². The molecule has 43 heavy (non-hydrogen) atoms. The molecule has 0 aromatic rings. The Balaban J connectivity index is 1.09. The highest BCUT2D eigenvalue weighted by atomic mass is 16.5. The first kappa shape index (κ1) is 33.0. The molecule has 0 aromatic carbocycles. The maximum absolute atomic E-state index is 12.7. The molecular formula is C37H62N2O4. The van der Waals surface area contributed by atoms with Crippen molar-refractivity contribution in [3.05, 3.63) is 11.6 Å². The van der Waals surface area contributed by atoms with E-state index >= 15 is 0 Å². The van der Waals surface area contributed by atoms with Crippen LogP contribution in [0, 0.1) is 46.3 Å². The summed E-state index contributed by atoms with van der Waals surface area (Å²) in [5.41, 5.74) is 2.33. The van der Waals surface area contributed by atoms with Crippen LogP contribution in [0.5, 0.6) is 0 Å². The number of nitrogens with one attached hydrogen (secondary N) is 1. The Morgan fingerprint density at radius 1 is 1.02 bits per heavy atom. The highest BCUT2D eigenvalue weighted by Gasteiger charge is 2.59. The van der Waals surface area contributed by atoms with Crippen molar-refractivity contribution >= 4 is 11.9 Å². The van der Waals surface area contributed by atoms with Crippen LogP contribution in [-0.2, 0) is 19.1 Å². The Labute approximate surface area is 262 Å². The Hall–Kier alpha value is -1.40. The van der Waals surface area contributed by atoms with Crippen LogP contribution in [0.2, 0.25) is 0 Å². The van der Waals surface area contributed by atoms with Crippen molar-refractivity contribution in [1.29, 1.82) is 0 Å². The number of rotatable bonds is 12. The van der Waals surface area contributed by atoms with E-state index in [2.05, 4.69) is 50.9 Å². The topological polar surface area (TPSA) is 67.9 Å². The highest BCUT2D eigenvalue weighted by molar-refractivity contribution is 5.81. The van der Waals surface area contributed by atoms with E-state index in [0.717, 1.165) is 87.6 Å².